The van der Waals surface area contributed by atoms with Crippen LogP contribution >= 0.6 is 0 Å². The lowest BCUT2D eigenvalue weighted by Crippen LogP contribution is -2.34. The first kappa shape index (κ1) is 16.4. The van der Waals surface area contributed by atoms with Crippen LogP contribution in [0.5, 0.6) is 0 Å². The van der Waals surface area contributed by atoms with Crippen LogP contribution in [0.2, 0.25) is 0 Å². The Morgan fingerprint density at radius 1 is 1.21 bits per heavy atom. The molecule has 3 rings (SSSR count). The number of hydrogen-bond acceptors (Lipinski definition) is 3. The van der Waals surface area contributed by atoms with Gasteiger partial charge in [0.15, 0.2) is 0 Å². The molecule has 1 aliphatic carbocycles. The van der Waals surface area contributed by atoms with Gasteiger partial charge in [-0.1, -0.05) is 12.1 Å². The number of nitrogens with one attached hydrogen (secondary N) is 1. The fourth-order valence-electron chi connectivity index (χ4n) is 2.57. The molecule has 0 radical (unpaired) electrons. The van der Waals surface area contributed by atoms with E-state index in [-0.39, 0.29) is 17.5 Å². The Morgan fingerprint density at radius 3 is 2.42 bits per heavy atom. The molecule has 0 saturated heterocycles. The van der Waals surface area contributed by atoms with E-state index in [4.69, 9.17) is 0 Å². The second-order valence-corrected chi connectivity index (χ2v) is 6.09. The first-order valence-corrected chi connectivity index (χ1v) is 7.55. The number of halogens is 3. The van der Waals surface area contributed by atoms with Gasteiger partial charge in [0.25, 0.3) is 5.91 Å². The van der Waals surface area contributed by atoms with E-state index in [2.05, 4.69) is 15.3 Å². The van der Waals surface area contributed by atoms with E-state index in [0.29, 0.717) is 5.82 Å². The Bertz CT molecular complexity index is 752. The normalized spacial score (nSPS) is 15.8. The highest BCUT2D eigenvalue weighted by atomic mass is 19.4. The number of rotatable bonds is 4. The van der Waals surface area contributed by atoms with Gasteiger partial charge in [0.2, 0.25) is 0 Å². The molecule has 0 unspecified atom stereocenters. The van der Waals surface area contributed by atoms with Crippen molar-refractivity contribution in [2.45, 2.75) is 31.4 Å². The lowest BCUT2D eigenvalue weighted by atomic mass is 10.0. The molecule has 1 fully saturated rings. The predicted octanol–water partition coefficient (Wildman–Crippen LogP) is 3.27. The SMILES string of the molecule is Cc1cnc(C2(CNC(=O)c3ccccc3C(F)(F)F)CC2)nc1. The van der Waals surface area contributed by atoms with Gasteiger partial charge in [0.1, 0.15) is 5.82 Å². The van der Waals surface area contributed by atoms with Crippen molar-refractivity contribution < 1.29 is 18.0 Å². The van der Waals surface area contributed by atoms with E-state index in [1.807, 2.05) is 6.92 Å². The monoisotopic (exact) mass is 335 g/mol. The number of carbonyl (C=O) groups excluding carboxylic acids is 1. The molecule has 0 spiro atoms. The lowest BCUT2D eigenvalue weighted by Gasteiger charge is -2.16. The molecule has 1 aromatic heterocycles. The maximum Gasteiger partial charge on any atom is 0.417 e. The van der Waals surface area contributed by atoms with E-state index in [9.17, 15) is 18.0 Å². The van der Waals surface area contributed by atoms with Gasteiger partial charge in [0.05, 0.1) is 11.1 Å². The summed E-state index contributed by atoms with van der Waals surface area (Å²) >= 11 is 0. The zero-order valence-electron chi connectivity index (χ0n) is 13.0. The first-order valence-electron chi connectivity index (χ1n) is 7.55. The predicted molar refractivity (Wildman–Crippen MR) is 81.5 cm³/mol. The number of benzene rings is 1. The number of nitrogens with zero attached hydrogens (tertiary/aromatic N) is 2. The van der Waals surface area contributed by atoms with Gasteiger partial charge in [-0.15, -0.1) is 0 Å². The van der Waals surface area contributed by atoms with Gasteiger partial charge < -0.3 is 5.32 Å². The molecule has 2 aromatic rings. The number of alkyl halides is 3. The van der Waals surface area contributed by atoms with Crippen molar-refractivity contribution >= 4 is 5.91 Å². The van der Waals surface area contributed by atoms with Crippen molar-refractivity contribution in [3.8, 4) is 0 Å². The Morgan fingerprint density at radius 2 is 1.83 bits per heavy atom. The van der Waals surface area contributed by atoms with E-state index >= 15 is 0 Å². The number of amides is 1. The average molecular weight is 335 g/mol. The molecule has 4 nitrogen and oxygen atoms in total. The molecule has 1 saturated carbocycles. The summed E-state index contributed by atoms with van der Waals surface area (Å²) < 4.78 is 39.0. The van der Waals surface area contributed by atoms with E-state index in [0.717, 1.165) is 24.5 Å². The van der Waals surface area contributed by atoms with Crippen LogP contribution < -0.4 is 5.32 Å². The lowest BCUT2D eigenvalue weighted by molar-refractivity contribution is -0.137. The number of aromatic nitrogens is 2. The van der Waals surface area contributed by atoms with E-state index in [1.165, 1.54) is 18.2 Å². The molecule has 1 amide bonds. The largest absolute Gasteiger partial charge is 0.417 e. The van der Waals surface area contributed by atoms with Gasteiger partial charge in [-0.25, -0.2) is 9.97 Å². The van der Waals surface area contributed by atoms with Crippen LogP contribution in [-0.2, 0) is 11.6 Å². The summed E-state index contributed by atoms with van der Waals surface area (Å²) in [5.74, 6) is -0.112. The van der Waals surface area contributed by atoms with Crippen LogP contribution in [0.25, 0.3) is 0 Å². The smallest absolute Gasteiger partial charge is 0.351 e. The zero-order valence-corrected chi connectivity index (χ0v) is 13.0. The topological polar surface area (TPSA) is 54.9 Å². The third kappa shape index (κ3) is 3.25. The van der Waals surface area contributed by atoms with Gasteiger partial charge in [-0.05, 0) is 37.5 Å². The third-order valence-electron chi connectivity index (χ3n) is 4.17. The standard InChI is InChI=1S/C17H16F3N3O/c1-11-8-21-15(22-9-11)16(6-7-16)10-23-14(24)12-4-2-3-5-13(12)17(18,19)20/h2-5,8-9H,6-7,10H2,1H3,(H,23,24). The van der Waals surface area contributed by atoms with Crippen LogP contribution in [-0.4, -0.2) is 22.4 Å². The molecule has 126 valence electrons. The van der Waals surface area contributed by atoms with E-state index < -0.39 is 17.6 Å². The Hall–Kier alpha value is -2.44. The van der Waals surface area contributed by atoms with Crippen molar-refractivity contribution in [1.29, 1.82) is 0 Å². The highest BCUT2D eigenvalue weighted by molar-refractivity contribution is 5.96. The minimum atomic E-state index is -4.56. The molecule has 1 aromatic carbocycles. The van der Waals surface area contributed by atoms with Crippen LogP contribution in [0.4, 0.5) is 13.2 Å². The molecule has 1 N–H and O–H groups in total. The second kappa shape index (κ2) is 5.89. The molecule has 1 aliphatic rings. The van der Waals surface area contributed by atoms with Gasteiger partial charge in [-0.3, -0.25) is 4.79 Å². The molecular weight excluding hydrogens is 319 g/mol. The summed E-state index contributed by atoms with van der Waals surface area (Å²) in [6.45, 7) is 2.10. The Balaban J connectivity index is 1.74. The molecule has 24 heavy (non-hydrogen) atoms. The fraction of sp³-hybridized carbons (Fsp3) is 0.353. The zero-order chi connectivity index (χ0) is 17.4. The summed E-state index contributed by atoms with van der Waals surface area (Å²) in [5.41, 5.74) is -0.737. The third-order valence-corrected chi connectivity index (χ3v) is 4.17. The van der Waals surface area contributed by atoms with Crippen LogP contribution in [0.3, 0.4) is 0 Å². The molecule has 0 bridgehead atoms. The quantitative estimate of drug-likeness (QED) is 0.933. The van der Waals surface area contributed by atoms with Crippen molar-refractivity contribution in [3.05, 3.63) is 59.2 Å². The molecule has 0 atom stereocenters. The molecule has 0 aliphatic heterocycles. The average Bonchev–Trinajstić information content (AvgIpc) is 3.33. The van der Waals surface area contributed by atoms with Crippen molar-refractivity contribution in [2.24, 2.45) is 0 Å². The number of carbonyl (C=O) groups is 1. The summed E-state index contributed by atoms with van der Waals surface area (Å²) in [5, 5.41) is 2.61. The number of hydrogen-bond donors (Lipinski definition) is 1. The van der Waals surface area contributed by atoms with Gasteiger partial charge >= 0.3 is 6.18 Å². The molecular formula is C17H16F3N3O. The Labute approximate surface area is 137 Å². The first-order chi connectivity index (χ1) is 11.3. The summed E-state index contributed by atoms with van der Waals surface area (Å²) in [4.78, 5) is 20.8. The van der Waals surface area contributed by atoms with Crippen LogP contribution in [0.1, 0.15) is 40.2 Å². The number of aryl methyl sites for hydroxylation is 1. The maximum atomic E-state index is 13.0. The summed E-state index contributed by atoms with van der Waals surface area (Å²) in [6, 6.07) is 4.77. The minimum Gasteiger partial charge on any atom is -0.351 e. The molecule has 1 heterocycles. The fourth-order valence-corrected chi connectivity index (χ4v) is 2.57. The van der Waals surface area contributed by atoms with Gasteiger partial charge in [-0.2, -0.15) is 13.2 Å². The van der Waals surface area contributed by atoms with Crippen molar-refractivity contribution in [3.63, 3.8) is 0 Å². The summed E-state index contributed by atoms with van der Waals surface area (Å²) in [6.07, 6.45) is 0.437. The Kier molecular flexibility index (Phi) is 4.03. The van der Waals surface area contributed by atoms with Crippen molar-refractivity contribution in [1.82, 2.24) is 15.3 Å². The van der Waals surface area contributed by atoms with Crippen LogP contribution in [0, 0.1) is 6.92 Å². The van der Waals surface area contributed by atoms with Crippen LogP contribution in [0.15, 0.2) is 36.7 Å². The van der Waals surface area contributed by atoms with Gasteiger partial charge in [0, 0.05) is 24.4 Å². The summed E-state index contributed by atoms with van der Waals surface area (Å²) in [7, 11) is 0. The van der Waals surface area contributed by atoms with Crippen molar-refractivity contribution in [2.75, 3.05) is 6.54 Å². The highest BCUT2D eigenvalue weighted by Gasteiger charge is 2.47. The van der Waals surface area contributed by atoms with E-state index in [1.54, 1.807) is 12.4 Å². The second-order valence-electron chi connectivity index (χ2n) is 6.09. The highest BCUT2D eigenvalue weighted by Crippen LogP contribution is 2.45. The minimum absolute atomic E-state index is 0.223. The maximum absolute atomic E-state index is 13.0. The molecule has 7 heteroatoms.